The molecule has 0 aromatic rings. The second-order valence-corrected chi connectivity index (χ2v) is 3.70. The third-order valence-electron chi connectivity index (χ3n) is 2.52. The van der Waals surface area contributed by atoms with Crippen LogP contribution in [0.4, 0.5) is 0 Å². The van der Waals surface area contributed by atoms with Crippen molar-refractivity contribution < 1.29 is 9.90 Å². The number of hydrogen-bond acceptors (Lipinski definition) is 2. The molecule has 3 nitrogen and oxygen atoms in total. The molecule has 0 aliphatic carbocycles. The highest BCUT2D eigenvalue weighted by Crippen LogP contribution is 2.23. The Balaban J connectivity index is 2.57. The maximum atomic E-state index is 11.2. The van der Waals surface area contributed by atoms with E-state index < -0.39 is 0 Å². The van der Waals surface area contributed by atoms with E-state index in [0.717, 1.165) is 19.4 Å². The first-order valence-corrected chi connectivity index (χ1v) is 4.57. The van der Waals surface area contributed by atoms with Gasteiger partial charge in [0.25, 0.3) is 0 Å². The average Bonchev–Trinajstić information content (AvgIpc) is 2.50. The van der Waals surface area contributed by atoms with Crippen LogP contribution >= 0.6 is 0 Å². The van der Waals surface area contributed by atoms with Gasteiger partial charge in [0.05, 0.1) is 0 Å². The third kappa shape index (κ3) is 1.78. The summed E-state index contributed by atoms with van der Waals surface area (Å²) < 4.78 is 0. The van der Waals surface area contributed by atoms with E-state index >= 15 is 0 Å². The van der Waals surface area contributed by atoms with Gasteiger partial charge in [0.15, 0.2) is 0 Å². The van der Waals surface area contributed by atoms with Gasteiger partial charge >= 0.3 is 0 Å². The molecule has 1 heterocycles. The van der Waals surface area contributed by atoms with Crippen LogP contribution in [0.15, 0.2) is 0 Å². The van der Waals surface area contributed by atoms with Gasteiger partial charge in [0.2, 0.25) is 5.91 Å². The quantitative estimate of drug-likeness (QED) is 0.662. The zero-order valence-electron chi connectivity index (χ0n) is 7.79. The number of carbonyl (C=O) groups excluding carboxylic acids is 1. The highest BCUT2D eigenvalue weighted by Gasteiger charge is 2.29. The molecule has 0 aromatic heterocycles. The lowest BCUT2D eigenvalue weighted by Crippen LogP contribution is -2.39. The van der Waals surface area contributed by atoms with Crippen molar-refractivity contribution in [3.05, 3.63) is 0 Å². The maximum Gasteiger partial charge on any atom is 0.248 e. The molecule has 1 fully saturated rings. The molecule has 0 spiro atoms. The van der Waals surface area contributed by atoms with E-state index in [2.05, 4.69) is 13.8 Å². The summed E-state index contributed by atoms with van der Waals surface area (Å²) in [7, 11) is 0. The van der Waals surface area contributed by atoms with Crippen molar-refractivity contribution in [1.29, 1.82) is 0 Å². The summed E-state index contributed by atoms with van der Waals surface area (Å²) in [5.41, 5.74) is 0. The van der Waals surface area contributed by atoms with Gasteiger partial charge < -0.3 is 10.0 Å². The summed E-state index contributed by atoms with van der Waals surface area (Å²) in [6.07, 6.45) is 2.16. The maximum absolute atomic E-state index is 11.2. The Bertz CT molecular complexity index is 168. The van der Waals surface area contributed by atoms with Crippen LogP contribution in [0.25, 0.3) is 0 Å². The number of amides is 1. The molecule has 0 saturated carbocycles. The van der Waals surface area contributed by atoms with Gasteiger partial charge in [-0.05, 0) is 18.8 Å². The Kier molecular flexibility index (Phi) is 3.09. The van der Waals surface area contributed by atoms with Crippen LogP contribution in [-0.4, -0.2) is 35.1 Å². The molecule has 1 saturated heterocycles. The van der Waals surface area contributed by atoms with E-state index in [9.17, 15) is 4.79 Å². The fourth-order valence-corrected chi connectivity index (χ4v) is 1.89. The molecule has 0 bridgehead atoms. The second kappa shape index (κ2) is 3.90. The summed E-state index contributed by atoms with van der Waals surface area (Å²) in [5.74, 6) is 0.384. The predicted molar refractivity (Wildman–Crippen MR) is 46.7 cm³/mol. The highest BCUT2D eigenvalue weighted by molar-refractivity contribution is 5.77. The lowest BCUT2D eigenvalue weighted by Gasteiger charge is -2.26. The minimum absolute atomic E-state index is 0.119. The first-order chi connectivity index (χ1) is 5.66. The Hall–Kier alpha value is -0.570. The fourth-order valence-electron chi connectivity index (χ4n) is 1.89. The van der Waals surface area contributed by atoms with Crippen LogP contribution in [0, 0.1) is 5.92 Å². The van der Waals surface area contributed by atoms with E-state index in [0.29, 0.717) is 12.0 Å². The van der Waals surface area contributed by atoms with Gasteiger partial charge in [0, 0.05) is 12.6 Å². The fraction of sp³-hybridized carbons (Fsp3) is 0.889. The Morgan fingerprint density at radius 3 is 2.83 bits per heavy atom. The number of aliphatic hydroxyl groups is 1. The zero-order chi connectivity index (χ0) is 9.14. The number of rotatable bonds is 2. The van der Waals surface area contributed by atoms with Gasteiger partial charge in [-0.2, -0.15) is 0 Å². The van der Waals surface area contributed by atoms with Gasteiger partial charge in [0.1, 0.15) is 6.61 Å². The Morgan fingerprint density at radius 2 is 2.33 bits per heavy atom. The second-order valence-electron chi connectivity index (χ2n) is 3.70. The van der Waals surface area contributed by atoms with Crippen LogP contribution in [0.5, 0.6) is 0 Å². The van der Waals surface area contributed by atoms with Crippen molar-refractivity contribution in [2.75, 3.05) is 13.2 Å². The van der Waals surface area contributed by atoms with Gasteiger partial charge in [-0.3, -0.25) is 4.79 Å². The predicted octanol–water partition coefficient (Wildman–Crippen LogP) is 0.626. The summed E-state index contributed by atoms with van der Waals surface area (Å²) in [6.45, 7) is 4.72. The van der Waals surface area contributed by atoms with Crippen LogP contribution in [-0.2, 0) is 4.79 Å². The molecule has 0 radical (unpaired) electrons. The van der Waals surface area contributed by atoms with Crippen molar-refractivity contribution in [3.8, 4) is 0 Å². The molecule has 1 unspecified atom stereocenters. The van der Waals surface area contributed by atoms with Crippen LogP contribution < -0.4 is 0 Å². The number of likely N-dealkylation sites (tertiary alicyclic amines) is 1. The molecule has 1 aliphatic heterocycles. The van der Waals surface area contributed by atoms with Crippen LogP contribution in [0.3, 0.4) is 0 Å². The standard InChI is InChI=1S/C9H17NO2/c1-7(2)8-4-3-5-10(8)9(12)6-11/h7-8,11H,3-6H2,1-2H3. The SMILES string of the molecule is CC(C)C1CCCN1C(=O)CO. The van der Waals surface area contributed by atoms with Crippen molar-refractivity contribution in [2.45, 2.75) is 32.7 Å². The third-order valence-corrected chi connectivity index (χ3v) is 2.52. The van der Waals surface area contributed by atoms with E-state index in [1.165, 1.54) is 0 Å². The first-order valence-electron chi connectivity index (χ1n) is 4.57. The minimum atomic E-state index is -0.344. The monoisotopic (exact) mass is 171 g/mol. The largest absolute Gasteiger partial charge is 0.387 e. The topological polar surface area (TPSA) is 40.5 Å². The Labute approximate surface area is 73.4 Å². The lowest BCUT2D eigenvalue weighted by molar-refractivity contribution is -0.135. The number of nitrogens with zero attached hydrogens (tertiary/aromatic N) is 1. The molecule has 3 heteroatoms. The van der Waals surface area contributed by atoms with Gasteiger partial charge in [-0.15, -0.1) is 0 Å². The normalized spacial score (nSPS) is 23.7. The molecule has 1 atom stereocenters. The van der Waals surface area contributed by atoms with Gasteiger partial charge in [-0.1, -0.05) is 13.8 Å². The highest BCUT2D eigenvalue weighted by atomic mass is 16.3. The molecule has 0 aromatic carbocycles. The van der Waals surface area contributed by atoms with E-state index in [1.807, 2.05) is 4.90 Å². The summed E-state index contributed by atoms with van der Waals surface area (Å²) in [6, 6.07) is 0.352. The van der Waals surface area contributed by atoms with Crippen molar-refractivity contribution in [1.82, 2.24) is 4.90 Å². The van der Waals surface area contributed by atoms with Crippen LogP contribution in [0.1, 0.15) is 26.7 Å². The molecule has 12 heavy (non-hydrogen) atoms. The minimum Gasteiger partial charge on any atom is -0.387 e. The summed E-state index contributed by atoms with van der Waals surface area (Å²) >= 11 is 0. The van der Waals surface area contributed by atoms with E-state index in [4.69, 9.17) is 5.11 Å². The first kappa shape index (κ1) is 9.52. The van der Waals surface area contributed by atoms with E-state index in [1.54, 1.807) is 0 Å². The number of aliphatic hydroxyl groups excluding tert-OH is 1. The van der Waals surface area contributed by atoms with E-state index in [-0.39, 0.29) is 12.5 Å². The summed E-state index contributed by atoms with van der Waals surface area (Å²) in [4.78, 5) is 13.0. The molecule has 1 aliphatic rings. The molecule has 1 amide bonds. The number of carbonyl (C=O) groups is 1. The molecule has 70 valence electrons. The summed E-state index contributed by atoms with van der Waals surface area (Å²) in [5, 5.41) is 8.70. The lowest BCUT2D eigenvalue weighted by atomic mass is 10.0. The molecular formula is C9H17NO2. The Morgan fingerprint density at radius 1 is 1.67 bits per heavy atom. The zero-order valence-corrected chi connectivity index (χ0v) is 7.79. The smallest absolute Gasteiger partial charge is 0.248 e. The van der Waals surface area contributed by atoms with Gasteiger partial charge in [-0.25, -0.2) is 0 Å². The van der Waals surface area contributed by atoms with Crippen LogP contribution in [0.2, 0.25) is 0 Å². The molecule has 1 N–H and O–H groups in total. The molecule has 1 rings (SSSR count). The van der Waals surface area contributed by atoms with Crippen molar-refractivity contribution >= 4 is 5.91 Å². The van der Waals surface area contributed by atoms with Crippen molar-refractivity contribution in [3.63, 3.8) is 0 Å². The molecular weight excluding hydrogens is 154 g/mol. The van der Waals surface area contributed by atoms with Crippen molar-refractivity contribution in [2.24, 2.45) is 5.92 Å². The number of hydrogen-bond donors (Lipinski definition) is 1. The average molecular weight is 171 g/mol.